The van der Waals surface area contributed by atoms with Gasteiger partial charge in [-0.1, -0.05) is 271 Å². The van der Waals surface area contributed by atoms with Crippen molar-refractivity contribution < 1.29 is 133 Å². The van der Waals surface area contributed by atoms with Crippen LogP contribution in [0.2, 0.25) is 0 Å². The predicted octanol–water partition coefficient (Wildman–Crippen LogP) is 7.95. The minimum Gasteiger partial charge on any atom is -0.477 e. The fourth-order valence-electron chi connectivity index (χ4n) is 15.8. The van der Waals surface area contributed by atoms with Crippen molar-refractivity contribution in [3.05, 3.63) is 12.2 Å². The van der Waals surface area contributed by atoms with Gasteiger partial charge in [-0.2, -0.15) is 0 Å². The molecule has 4 fully saturated rings. The lowest BCUT2D eigenvalue weighted by Gasteiger charge is -2.52. The number of carbonyl (C=O) groups excluding carboxylic acids is 4. The molecule has 4 saturated heterocycles. The van der Waals surface area contributed by atoms with Crippen molar-refractivity contribution in [3.8, 4) is 0 Å². The van der Waals surface area contributed by atoms with Gasteiger partial charge in [0.05, 0.1) is 51.2 Å². The van der Waals surface area contributed by atoms with Gasteiger partial charge < -0.3 is 125 Å². The largest absolute Gasteiger partial charge is 0.477 e. The summed E-state index contributed by atoms with van der Waals surface area (Å²) in [7, 11) is 0. The number of aliphatic hydroxyl groups excluding tert-OH is 12. The third kappa shape index (κ3) is 38.5. The summed E-state index contributed by atoms with van der Waals surface area (Å²) in [5.41, 5.74) is 0. The number of hydrogen-bond acceptors (Lipinski definition) is 26. The molecule has 0 bridgehead atoms. The summed E-state index contributed by atoms with van der Waals surface area (Å²) in [6, 6.07) is -4.54. The van der Waals surface area contributed by atoms with E-state index in [1.165, 1.54) is 173 Å². The zero-order valence-corrected chi connectivity index (χ0v) is 70.2. The third-order valence-corrected chi connectivity index (χ3v) is 22.7. The molecule has 4 rings (SSSR count). The lowest BCUT2D eigenvalue weighted by molar-refractivity contribution is -0.401. The second kappa shape index (κ2) is 60.7. The lowest BCUT2D eigenvalue weighted by Crippen LogP contribution is -2.72. The fourth-order valence-corrected chi connectivity index (χ4v) is 15.8. The number of unbranched alkanes of at least 4 members (excludes halogenated alkanes) is 39. The summed E-state index contributed by atoms with van der Waals surface area (Å²) < 4.78 is 55.1. The Kier molecular flexibility index (Phi) is 54.7. The molecular weight excluding hydrogens is 1490 g/mol. The standard InChI is InChI=1S/C85H155N3O27/c1-6-9-12-15-18-21-24-27-29-32-35-38-41-44-47-50-67(97)88-60(63(49-46-43-40-37-34-31-26-23-20-17-14-11-8-3)108-68(98)51-48-45-42-39-36-33-30-28-25-22-19-16-13-10-7-2)57-107-82-75(103)74(102)77(65(55-91)110-82)112-83-76(104)80(78(66(56-92)111-83)113-81-70(87-59(5)94)73(101)72(100)64(54-90)109-81)115-85(84(105)106)52-61(95)69(86-58(4)93)79(114-85)71(99)62(96)53-89/h46,49,60-66,69-83,89-92,95-96,99-104H,6-45,47-48,50-57H2,1-5H3,(H,86,93)(H,87,94)(H,88,97)(H,105,106)/b49-46+/t60?,61-,62-,63?,64-,65-,66-,69+,70-,71+,72+,73-,74-,75-,76-,77-,78+,79?,80-,81+,82-,83+,85-/m1/s1. The molecule has 0 aromatic heterocycles. The molecule has 4 aliphatic heterocycles. The van der Waals surface area contributed by atoms with E-state index >= 15 is 0 Å². The van der Waals surface area contributed by atoms with Gasteiger partial charge in [-0.15, -0.1) is 0 Å². The van der Waals surface area contributed by atoms with Crippen LogP contribution in [-0.4, -0.2) is 270 Å². The number of allylic oxidation sites excluding steroid dienone is 1. The molecule has 672 valence electrons. The van der Waals surface area contributed by atoms with Gasteiger partial charge in [-0.3, -0.25) is 19.2 Å². The molecule has 0 radical (unpaired) electrons. The molecule has 23 atom stereocenters. The number of carbonyl (C=O) groups is 5. The molecule has 3 unspecified atom stereocenters. The van der Waals surface area contributed by atoms with Crippen molar-refractivity contribution in [3.63, 3.8) is 0 Å². The van der Waals surface area contributed by atoms with Crippen LogP contribution in [0.25, 0.3) is 0 Å². The van der Waals surface area contributed by atoms with E-state index in [-0.39, 0.29) is 18.7 Å². The first-order valence-electron chi connectivity index (χ1n) is 44.5. The van der Waals surface area contributed by atoms with E-state index in [1.807, 2.05) is 6.08 Å². The van der Waals surface area contributed by atoms with E-state index in [9.17, 15) is 90.4 Å². The van der Waals surface area contributed by atoms with E-state index in [0.29, 0.717) is 19.3 Å². The van der Waals surface area contributed by atoms with Crippen LogP contribution in [0.5, 0.6) is 0 Å². The number of carboxylic acids is 1. The highest BCUT2D eigenvalue weighted by Gasteiger charge is 2.62. The monoisotopic (exact) mass is 1650 g/mol. The summed E-state index contributed by atoms with van der Waals surface area (Å²) in [6.07, 6.45) is 12.5. The Bertz CT molecular complexity index is 2580. The number of aliphatic hydroxyl groups is 12. The minimum atomic E-state index is -3.30. The maximum Gasteiger partial charge on any atom is 0.364 e. The summed E-state index contributed by atoms with van der Waals surface area (Å²) in [4.78, 5) is 67.1. The molecule has 4 heterocycles. The Balaban J connectivity index is 1.63. The van der Waals surface area contributed by atoms with Gasteiger partial charge in [0.2, 0.25) is 17.7 Å². The molecular formula is C85H155N3O27. The van der Waals surface area contributed by atoms with Crippen molar-refractivity contribution in [2.75, 3.05) is 33.0 Å². The van der Waals surface area contributed by atoms with Crippen LogP contribution in [0.3, 0.4) is 0 Å². The number of amides is 3. The number of aliphatic carboxylic acids is 1. The first-order valence-corrected chi connectivity index (χ1v) is 44.5. The van der Waals surface area contributed by atoms with E-state index < -0.39 is 204 Å². The maximum absolute atomic E-state index is 14.2. The summed E-state index contributed by atoms with van der Waals surface area (Å²) in [5, 5.41) is 154. The van der Waals surface area contributed by atoms with Crippen molar-refractivity contribution >= 4 is 29.7 Å². The molecule has 30 nitrogen and oxygen atoms in total. The van der Waals surface area contributed by atoms with Gasteiger partial charge in [0.1, 0.15) is 97.6 Å². The van der Waals surface area contributed by atoms with E-state index in [4.69, 9.17) is 42.6 Å². The maximum atomic E-state index is 14.2. The lowest BCUT2D eigenvalue weighted by atomic mass is 9.88. The molecule has 0 aromatic rings. The first kappa shape index (κ1) is 104. The molecule has 0 aromatic carbocycles. The zero-order valence-electron chi connectivity index (χ0n) is 70.2. The summed E-state index contributed by atoms with van der Waals surface area (Å²) in [6.45, 7) is 3.94. The number of esters is 1. The van der Waals surface area contributed by atoms with Gasteiger partial charge in [-0.25, -0.2) is 4.79 Å². The van der Waals surface area contributed by atoms with Crippen LogP contribution in [0.1, 0.15) is 324 Å². The Morgan fingerprint density at radius 1 is 0.470 bits per heavy atom. The second-order valence-corrected chi connectivity index (χ2v) is 32.6. The Labute approximate surface area is 684 Å². The van der Waals surface area contributed by atoms with Gasteiger partial charge in [0.15, 0.2) is 18.9 Å². The summed E-state index contributed by atoms with van der Waals surface area (Å²) in [5.74, 6) is -7.87. The van der Waals surface area contributed by atoms with Crippen LogP contribution in [-0.2, 0) is 66.6 Å². The van der Waals surface area contributed by atoms with Crippen LogP contribution in [0.15, 0.2) is 12.2 Å². The van der Waals surface area contributed by atoms with Gasteiger partial charge in [0.25, 0.3) is 5.79 Å². The van der Waals surface area contributed by atoms with Crippen LogP contribution in [0.4, 0.5) is 0 Å². The highest BCUT2D eigenvalue weighted by atomic mass is 16.8. The highest BCUT2D eigenvalue weighted by molar-refractivity contribution is 5.77. The SMILES string of the molecule is CCCCCCCCCCCCC/C=C/C(OC(=O)CCCCCCCCCCCCCCCCC)C(CO[C@@H]1O[C@H](CO)[C@@H](O[C@@H]2O[C@H](CO)[C@H](O[C@@H]3O[C@H](CO)[C@H](O)[C@H](O)[C@H]3NC(C)=O)[C@H](O[C@@]3(C(=O)O)C[C@@H](O)[C@H](NC(C)=O)C([C@@H](O)[C@H](O)CO)O3)[C@H]2O)[C@H](O)[C@H]1O)NC(=O)CCCCCCCCCCCCCCCCC. The number of rotatable bonds is 66. The van der Waals surface area contributed by atoms with Crippen LogP contribution < -0.4 is 16.0 Å². The van der Waals surface area contributed by atoms with E-state index in [2.05, 4.69) is 36.7 Å². The van der Waals surface area contributed by atoms with Gasteiger partial charge in [-0.05, 0) is 31.8 Å². The highest BCUT2D eigenvalue weighted by Crippen LogP contribution is 2.41. The minimum absolute atomic E-state index is 0.115. The number of nitrogens with one attached hydrogen (secondary N) is 3. The fraction of sp³-hybridized carbons (Fsp3) is 0.918. The normalized spacial score (nSPS) is 28.9. The molecule has 115 heavy (non-hydrogen) atoms. The van der Waals surface area contributed by atoms with Crippen molar-refractivity contribution in [1.29, 1.82) is 0 Å². The van der Waals surface area contributed by atoms with E-state index in [0.717, 1.165) is 90.9 Å². The average molecular weight is 1650 g/mol. The van der Waals surface area contributed by atoms with Crippen molar-refractivity contribution in [2.24, 2.45) is 0 Å². The average Bonchev–Trinajstić information content (AvgIpc) is 0.747. The molecule has 16 N–H and O–H groups in total. The number of hydrogen-bond donors (Lipinski definition) is 16. The van der Waals surface area contributed by atoms with Gasteiger partial charge >= 0.3 is 11.9 Å². The second-order valence-electron chi connectivity index (χ2n) is 32.6. The third-order valence-electron chi connectivity index (χ3n) is 22.7. The summed E-state index contributed by atoms with van der Waals surface area (Å²) >= 11 is 0. The Morgan fingerprint density at radius 3 is 1.34 bits per heavy atom. The molecule has 30 heteroatoms. The van der Waals surface area contributed by atoms with Crippen LogP contribution in [0, 0.1) is 0 Å². The van der Waals surface area contributed by atoms with Crippen molar-refractivity contribution in [2.45, 2.75) is 464 Å². The zero-order chi connectivity index (χ0) is 84.3. The van der Waals surface area contributed by atoms with Crippen LogP contribution >= 0.6 is 0 Å². The quantitative estimate of drug-likeness (QED) is 0.0156. The molecule has 0 saturated carbocycles. The molecule has 0 spiro atoms. The van der Waals surface area contributed by atoms with Gasteiger partial charge in [0, 0.05) is 33.1 Å². The first-order chi connectivity index (χ1) is 55.5. The number of carboxylic acid groups (broad SMARTS) is 1. The Hall–Kier alpha value is -3.71. The van der Waals surface area contributed by atoms with Crippen molar-refractivity contribution in [1.82, 2.24) is 16.0 Å². The molecule has 3 amide bonds. The Morgan fingerprint density at radius 2 is 0.887 bits per heavy atom. The van der Waals surface area contributed by atoms with E-state index in [1.54, 1.807) is 6.08 Å². The number of ether oxygens (including phenoxy) is 9. The topological polar surface area (TPSA) is 468 Å². The smallest absolute Gasteiger partial charge is 0.364 e. The molecule has 0 aliphatic carbocycles. The molecule has 4 aliphatic rings. The predicted molar refractivity (Wildman–Crippen MR) is 429 cm³/mol.